The minimum Gasteiger partial charge on any atom is -0.348 e. The Bertz CT molecular complexity index is 1490. The molecule has 0 radical (unpaired) electrons. The molecule has 1 amide bonds. The number of hydrogen-bond donors (Lipinski definition) is 1. The molecule has 1 aliphatic rings. The van der Waals surface area contributed by atoms with Crippen LogP contribution in [0.25, 0.3) is 22.3 Å². The molecule has 9 nitrogen and oxygen atoms in total. The van der Waals surface area contributed by atoms with E-state index in [1.54, 1.807) is 4.90 Å². The van der Waals surface area contributed by atoms with Gasteiger partial charge in [0.2, 0.25) is 0 Å². The van der Waals surface area contributed by atoms with Gasteiger partial charge in [0.05, 0.1) is 35.9 Å². The number of aromatic nitrogens is 4. The van der Waals surface area contributed by atoms with E-state index in [1.165, 1.54) is 18.5 Å². The van der Waals surface area contributed by atoms with Crippen LogP contribution in [0.5, 0.6) is 0 Å². The first kappa shape index (κ1) is 23.2. The number of aromatic amines is 1. The van der Waals surface area contributed by atoms with E-state index in [0.29, 0.717) is 39.1 Å². The van der Waals surface area contributed by atoms with Crippen LogP contribution in [-0.4, -0.2) is 67.9 Å². The van der Waals surface area contributed by atoms with Gasteiger partial charge < -0.3 is 14.5 Å². The Morgan fingerprint density at radius 3 is 2.75 bits per heavy atom. The molecule has 1 fully saturated rings. The van der Waals surface area contributed by atoms with Crippen molar-refractivity contribution in [2.75, 3.05) is 32.7 Å². The zero-order valence-electron chi connectivity index (χ0n) is 19.4. The van der Waals surface area contributed by atoms with Gasteiger partial charge in [-0.25, -0.2) is 14.4 Å². The summed E-state index contributed by atoms with van der Waals surface area (Å²) in [7, 11) is 0. The van der Waals surface area contributed by atoms with Crippen LogP contribution < -0.4 is 0 Å². The Morgan fingerprint density at radius 1 is 1.14 bits per heavy atom. The van der Waals surface area contributed by atoms with Crippen molar-refractivity contribution in [3.63, 3.8) is 0 Å². The lowest BCUT2D eigenvalue weighted by molar-refractivity contribution is 0.0619. The van der Waals surface area contributed by atoms with Crippen molar-refractivity contribution in [2.24, 2.45) is 0 Å². The Labute approximate surface area is 207 Å². The number of nitrogens with one attached hydrogen (secondary N) is 1. The molecule has 4 heterocycles. The Kier molecular flexibility index (Phi) is 6.44. The Balaban J connectivity index is 1.25. The van der Waals surface area contributed by atoms with Gasteiger partial charge in [-0.05, 0) is 30.3 Å². The van der Waals surface area contributed by atoms with Crippen LogP contribution in [0.1, 0.15) is 28.4 Å². The summed E-state index contributed by atoms with van der Waals surface area (Å²) >= 11 is 0. The summed E-state index contributed by atoms with van der Waals surface area (Å²) in [4.78, 5) is 28.6. The summed E-state index contributed by atoms with van der Waals surface area (Å²) in [6.45, 7) is 2.90. The molecular formula is C26H23FN8O. The average molecular weight is 483 g/mol. The van der Waals surface area contributed by atoms with Gasteiger partial charge in [0, 0.05) is 67.8 Å². The standard InChI is InChI=1S/C26H23FN8O/c27-21-12-18(14-29)11-20(13-21)26(36)34-9-7-33(8-10-34)16-22(1-4-28)35-6-3-19(15-35)24-23-2-5-30-25(23)32-17-31-24/h2-3,5-6,11-13,15,17,22H,1,7-10,16H2,(H,30,31,32). The van der Waals surface area contributed by atoms with E-state index in [2.05, 4.69) is 25.9 Å². The van der Waals surface area contributed by atoms with Crippen LogP contribution in [0, 0.1) is 28.5 Å². The predicted octanol–water partition coefficient (Wildman–Crippen LogP) is 3.35. The third-order valence-corrected chi connectivity index (χ3v) is 6.49. The first-order valence-electron chi connectivity index (χ1n) is 11.6. The number of fused-ring (bicyclic) bond motifs is 1. The van der Waals surface area contributed by atoms with Gasteiger partial charge in [0.1, 0.15) is 17.8 Å². The van der Waals surface area contributed by atoms with Crippen molar-refractivity contribution in [3.05, 3.63) is 72.2 Å². The highest BCUT2D eigenvalue weighted by molar-refractivity contribution is 5.94. The molecule has 5 rings (SSSR count). The number of hydrogen-bond acceptors (Lipinski definition) is 6. The molecule has 1 N–H and O–H groups in total. The van der Waals surface area contributed by atoms with Crippen molar-refractivity contribution >= 4 is 16.9 Å². The van der Waals surface area contributed by atoms with Crippen LogP contribution in [-0.2, 0) is 0 Å². The van der Waals surface area contributed by atoms with Gasteiger partial charge in [-0.2, -0.15) is 10.5 Å². The second kappa shape index (κ2) is 9.98. The average Bonchev–Trinajstić information content (AvgIpc) is 3.58. The minimum absolute atomic E-state index is 0.0593. The Hall–Kier alpha value is -4.54. The highest BCUT2D eigenvalue weighted by atomic mass is 19.1. The van der Waals surface area contributed by atoms with E-state index in [0.717, 1.165) is 28.4 Å². The van der Waals surface area contributed by atoms with Crippen LogP contribution in [0.2, 0.25) is 0 Å². The fourth-order valence-electron chi connectivity index (χ4n) is 4.64. The zero-order chi connectivity index (χ0) is 25.1. The van der Waals surface area contributed by atoms with Crippen molar-refractivity contribution in [3.8, 4) is 23.4 Å². The molecule has 0 spiro atoms. The summed E-state index contributed by atoms with van der Waals surface area (Å²) in [5.41, 5.74) is 2.87. The number of piperazine rings is 1. The smallest absolute Gasteiger partial charge is 0.254 e. The number of H-pyrrole nitrogens is 1. The molecule has 0 bridgehead atoms. The number of nitriles is 2. The minimum atomic E-state index is -0.597. The molecule has 0 saturated carbocycles. The second-order valence-corrected chi connectivity index (χ2v) is 8.76. The summed E-state index contributed by atoms with van der Waals surface area (Å²) in [5.74, 6) is -0.879. The molecule has 10 heteroatoms. The molecule has 1 aliphatic heterocycles. The maximum absolute atomic E-state index is 13.8. The quantitative estimate of drug-likeness (QED) is 0.450. The number of halogens is 1. The summed E-state index contributed by atoms with van der Waals surface area (Å²) in [5, 5.41) is 19.5. The lowest BCUT2D eigenvalue weighted by Gasteiger charge is -2.36. The number of rotatable bonds is 6. The van der Waals surface area contributed by atoms with Crippen molar-refractivity contribution in [1.29, 1.82) is 10.5 Å². The lowest BCUT2D eigenvalue weighted by atomic mass is 10.1. The van der Waals surface area contributed by atoms with Crippen LogP contribution >= 0.6 is 0 Å². The third kappa shape index (κ3) is 4.67. The van der Waals surface area contributed by atoms with E-state index in [9.17, 15) is 14.4 Å². The van der Waals surface area contributed by atoms with Crippen LogP contribution in [0.15, 0.2) is 55.2 Å². The molecule has 180 valence electrons. The summed E-state index contributed by atoms with van der Waals surface area (Å²) in [6.07, 6.45) is 7.68. The SMILES string of the molecule is N#CCC(CN1CCN(C(=O)c2cc(F)cc(C#N)c2)CC1)n1ccc(-c2ncnc3[nH]ccc23)c1. The summed E-state index contributed by atoms with van der Waals surface area (Å²) in [6, 6.07) is 11.8. The molecule has 1 saturated heterocycles. The number of benzene rings is 1. The van der Waals surface area contributed by atoms with E-state index in [4.69, 9.17) is 5.26 Å². The van der Waals surface area contributed by atoms with Gasteiger partial charge >= 0.3 is 0 Å². The second-order valence-electron chi connectivity index (χ2n) is 8.76. The van der Waals surface area contributed by atoms with Gasteiger partial charge in [0.25, 0.3) is 5.91 Å². The van der Waals surface area contributed by atoms with E-state index in [-0.39, 0.29) is 23.1 Å². The van der Waals surface area contributed by atoms with Gasteiger partial charge in [-0.1, -0.05) is 0 Å². The maximum atomic E-state index is 13.8. The number of nitrogens with zero attached hydrogens (tertiary/aromatic N) is 7. The van der Waals surface area contributed by atoms with Gasteiger partial charge in [0.15, 0.2) is 0 Å². The first-order valence-corrected chi connectivity index (χ1v) is 11.6. The van der Waals surface area contributed by atoms with Crippen LogP contribution in [0.3, 0.4) is 0 Å². The Morgan fingerprint density at radius 2 is 1.97 bits per heavy atom. The third-order valence-electron chi connectivity index (χ3n) is 6.49. The maximum Gasteiger partial charge on any atom is 0.254 e. The molecule has 3 aromatic heterocycles. The van der Waals surface area contributed by atoms with Crippen LogP contribution in [0.4, 0.5) is 4.39 Å². The molecule has 4 aromatic rings. The van der Waals surface area contributed by atoms with Crippen molar-refractivity contribution < 1.29 is 9.18 Å². The van der Waals surface area contributed by atoms with Crippen molar-refractivity contribution in [2.45, 2.75) is 12.5 Å². The first-order chi connectivity index (χ1) is 17.6. The largest absolute Gasteiger partial charge is 0.348 e. The van der Waals surface area contributed by atoms with Gasteiger partial charge in [-0.3, -0.25) is 9.69 Å². The highest BCUT2D eigenvalue weighted by Gasteiger charge is 2.25. The normalized spacial score (nSPS) is 14.9. The fraction of sp³-hybridized carbons (Fsp3) is 0.269. The highest BCUT2D eigenvalue weighted by Crippen LogP contribution is 2.27. The molecule has 36 heavy (non-hydrogen) atoms. The molecule has 1 unspecified atom stereocenters. The van der Waals surface area contributed by atoms with Crippen molar-refractivity contribution in [1.82, 2.24) is 29.3 Å². The molecule has 0 aliphatic carbocycles. The number of amides is 1. The number of carbonyl (C=O) groups excluding carboxylic acids is 1. The topological polar surface area (TPSA) is 118 Å². The number of carbonyl (C=O) groups is 1. The van der Waals surface area contributed by atoms with E-state index < -0.39 is 5.82 Å². The lowest BCUT2D eigenvalue weighted by Crippen LogP contribution is -2.49. The molecule has 1 aromatic carbocycles. The predicted molar refractivity (Wildman–Crippen MR) is 130 cm³/mol. The summed E-state index contributed by atoms with van der Waals surface area (Å²) < 4.78 is 15.8. The van der Waals surface area contributed by atoms with E-state index in [1.807, 2.05) is 41.4 Å². The molecule has 1 atom stereocenters. The monoisotopic (exact) mass is 482 g/mol. The fourth-order valence-corrected chi connectivity index (χ4v) is 4.64. The van der Waals surface area contributed by atoms with E-state index >= 15 is 0 Å². The van der Waals surface area contributed by atoms with Gasteiger partial charge in [-0.15, -0.1) is 0 Å². The molecular weight excluding hydrogens is 459 g/mol. The zero-order valence-corrected chi connectivity index (χ0v) is 19.4.